The average molecular weight is 425 g/mol. The summed E-state index contributed by atoms with van der Waals surface area (Å²) < 4.78 is 25.8. The third kappa shape index (κ3) is 3.64. The Hall–Kier alpha value is -3.70. The molecule has 0 aliphatic carbocycles. The number of imidazole rings is 1. The summed E-state index contributed by atoms with van der Waals surface area (Å²) in [5.74, 6) is 0.772. The van der Waals surface area contributed by atoms with Crippen molar-refractivity contribution in [1.82, 2.24) is 9.55 Å². The highest BCUT2D eigenvalue weighted by molar-refractivity contribution is 7.90. The van der Waals surface area contributed by atoms with E-state index in [0.29, 0.717) is 4.90 Å². The number of hydrogen-bond acceptors (Lipinski definition) is 3. The van der Waals surface area contributed by atoms with Crippen LogP contribution in [-0.4, -0.2) is 24.2 Å². The largest absolute Gasteiger partial charge is 0.292 e. The first-order chi connectivity index (χ1) is 15.0. The molecule has 0 radical (unpaired) electrons. The van der Waals surface area contributed by atoms with Crippen molar-refractivity contribution in [2.75, 3.05) is 6.26 Å². The fourth-order valence-corrected chi connectivity index (χ4v) is 4.40. The molecule has 5 heteroatoms. The fourth-order valence-electron chi connectivity index (χ4n) is 3.77. The maximum Gasteiger partial charge on any atom is 0.175 e. The smallest absolute Gasteiger partial charge is 0.175 e. The van der Waals surface area contributed by atoms with E-state index in [1.807, 2.05) is 54.6 Å². The van der Waals surface area contributed by atoms with Crippen molar-refractivity contribution in [3.8, 4) is 28.2 Å². The number of benzene rings is 4. The number of fused-ring (bicyclic) bond motifs is 1. The highest BCUT2D eigenvalue weighted by Gasteiger charge is 2.15. The molecule has 0 saturated carbocycles. The van der Waals surface area contributed by atoms with Crippen LogP contribution < -0.4 is 0 Å². The maximum absolute atomic E-state index is 11.8. The van der Waals surface area contributed by atoms with Crippen molar-refractivity contribution in [1.29, 1.82) is 0 Å². The zero-order valence-electron chi connectivity index (χ0n) is 16.9. The highest BCUT2D eigenvalue weighted by Crippen LogP contribution is 2.30. The predicted molar refractivity (Wildman–Crippen MR) is 125 cm³/mol. The van der Waals surface area contributed by atoms with Crippen LogP contribution >= 0.6 is 0 Å². The molecular weight excluding hydrogens is 404 g/mol. The van der Waals surface area contributed by atoms with Gasteiger partial charge in [0.25, 0.3) is 0 Å². The van der Waals surface area contributed by atoms with Crippen LogP contribution in [0, 0.1) is 0 Å². The number of nitrogens with zero attached hydrogens (tertiary/aromatic N) is 2. The van der Waals surface area contributed by atoms with E-state index in [-0.39, 0.29) is 0 Å². The van der Waals surface area contributed by atoms with Gasteiger partial charge in [0.05, 0.1) is 15.9 Å². The van der Waals surface area contributed by atoms with E-state index in [0.717, 1.165) is 33.7 Å². The molecule has 152 valence electrons. The normalized spacial score (nSPS) is 11.6. The molecule has 0 spiro atoms. The van der Waals surface area contributed by atoms with Gasteiger partial charge in [-0.2, -0.15) is 0 Å². The number of rotatable bonds is 4. The zero-order valence-corrected chi connectivity index (χ0v) is 17.8. The van der Waals surface area contributed by atoms with Crippen molar-refractivity contribution in [3.63, 3.8) is 0 Å². The summed E-state index contributed by atoms with van der Waals surface area (Å²) in [5, 5.41) is 0. The molecule has 5 aromatic rings. The van der Waals surface area contributed by atoms with Crippen LogP contribution in [0.25, 0.3) is 39.2 Å². The van der Waals surface area contributed by atoms with Crippen LogP contribution in [0.3, 0.4) is 0 Å². The lowest BCUT2D eigenvalue weighted by atomic mass is 10.1. The molecule has 0 bridgehead atoms. The Kier molecular flexibility index (Phi) is 4.68. The van der Waals surface area contributed by atoms with E-state index in [1.54, 1.807) is 12.1 Å². The van der Waals surface area contributed by atoms with E-state index in [1.165, 1.54) is 11.8 Å². The molecule has 4 aromatic carbocycles. The van der Waals surface area contributed by atoms with E-state index >= 15 is 0 Å². The number of para-hydroxylation sites is 2. The third-order valence-corrected chi connectivity index (χ3v) is 6.46. The second-order valence-electron chi connectivity index (χ2n) is 7.47. The van der Waals surface area contributed by atoms with Gasteiger partial charge in [-0.25, -0.2) is 13.4 Å². The monoisotopic (exact) mass is 424 g/mol. The van der Waals surface area contributed by atoms with Crippen molar-refractivity contribution >= 4 is 20.9 Å². The summed E-state index contributed by atoms with van der Waals surface area (Å²) in [6.07, 6.45) is 1.21. The highest BCUT2D eigenvalue weighted by atomic mass is 32.2. The fraction of sp³-hybridized carbons (Fsp3) is 0.0385. The van der Waals surface area contributed by atoms with Crippen molar-refractivity contribution in [2.24, 2.45) is 0 Å². The molecule has 0 saturated heterocycles. The molecule has 5 rings (SSSR count). The van der Waals surface area contributed by atoms with Gasteiger partial charge in [-0.05, 0) is 59.7 Å². The van der Waals surface area contributed by atoms with E-state index in [4.69, 9.17) is 4.98 Å². The van der Waals surface area contributed by atoms with Gasteiger partial charge < -0.3 is 0 Å². The number of aromatic nitrogens is 2. The van der Waals surface area contributed by atoms with Crippen LogP contribution in [0.15, 0.2) is 108 Å². The van der Waals surface area contributed by atoms with Crippen LogP contribution in [0.4, 0.5) is 0 Å². The molecule has 0 atom stereocenters. The summed E-state index contributed by atoms with van der Waals surface area (Å²) in [6, 6.07) is 33.5. The van der Waals surface area contributed by atoms with Crippen LogP contribution in [0.1, 0.15) is 0 Å². The quantitative estimate of drug-likeness (QED) is 0.368. The van der Waals surface area contributed by atoms with Gasteiger partial charge in [0, 0.05) is 17.5 Å². The first kappa shape index (κ1) is 19.3. The Morgan fingerprint density at radius 2 is 1.23 bits per heavy atom. The standard InChI is InChI=1S/C26H20N2O2S/c1-31(29,30)23-17-13-21(14-18-23)26-27-24-9-5-6-10-25(24)28(26)22-15-11-20(12-16-22)19-7-3-2-4-8-19/h2-18H,1H3. The third-order valence-electron chi connectivity index (χ3n) is 5.33. The minimum atomic E-state index is -3.25. The lowest BCUT2D eigenvalue weighted by molar-refractivity contribution is 0.602. The zero-order chi connectivity index (χ0) is 21.4. The summed E-state index contributed by atoms with van der Waals surface area (Å²) in [7, 11) is -3.25. The summed E-state index contributed by atoms with van der Waals surface area (Å²) in [4.78, 5) is 5.14. The molecule has 31 heavy (non-hydrogen) atoms. The Labute approximate surface area is 181 Å². The SMILES string of the molecule is CS(=O)(=O)c1ccc(-c2nc3ccccc3n2-c2ccc(-c3ccccc3)cc2)cc1. The van der Waals surface area contributed by atoms with Crippen molar-refractivity contribution in [2.45, 2.75) is 4.90 Å². The molecule has 0 amide bonds. The van der Waals surface area contributed by atoms with Gasteiger partial charge in [0.15, 0.2) is 9.84 Å². The Balaban J connectivity index is 1.65. The summed E-state index contributed by atoms with van der Waals surface area (Å²) in [5.41, 5.74) is 6.05. The Morgan fingerprint density at radius 3 is 1.90 bits per heavy atom. The predicted octanol–water partition coefficient (Wildman–Crippen LogP) is 5.76. The number of sulfone groups is 1. The molecule has 0 fully saturated rings. The summed E-state index contributed by atoms with van der Waals surface area (Å²) >= 11 is 0. The maximum atomic E-state index is 11.8. The average Bonchev–Trinajstić information content (AvgIpc) is 3.19. The lowest BCUT2D eigenvalue weighted by Gasteiger charge is -2.11. The Bertz CT molecular complexity index is 1470. The molecule has 0 aliphatic rings. The van der Waals surface area contributed by atoms with Crippen LogP contribution in [0.2, 0.25) is 0 Å². The lowest BCUT2D eigenvalue weighted by Crippen LogP contribution is -1.99. The minimum Gasteiger partial charge on any atom is -0.292 e. The second kappa shape index (κ2) is 7.52. The first-order valence-electron chi connectivity index (χ1n) is 9.94. The molecule has 1 aromatic heterocycles. The van der Waals surface area contributed by atoms with Gasteiger partial charge in [-0.1, -0.05) is 54.6 Å². The molecule has 0 unspecified atom stereocenters. The molecular formula is C26H20N2O2S. The van der Waals surface area contributed by atoms with Crippen LogP contribution in [0.5, 0.6) is 0 Å². The number of hydrogen-bond donors (Lipinski definition) is 0. The van der Waals surface area contributed by atoms with Gasteiger partial charge in [0.1, 0.15) is 5.82 Å². The minimum absolute atomic E-state index is 0.297. The Morgan fingerprint density at radius 1 is 0.645 bits per heavy atom. The van der Waals surface area contributed by atoms with Gasteiger partial charge in [-0.3, -0.25) is 4.57 Å². The first-order valence-corrected chi connectivity index (χ1v) is 11.8. The van der Waals surface area contributed by atoms with Gasteiger partial charge in [-0.15, -0.1) is 0 Å². The van der Waals surface area contributed by atoms with E-state index < -0.39 is 9.84 Å². The van der Waals surface area contributed by atoms with E-state index in [2.05, 4.69) is 41.0 Å². The molecule has 1 heterocycles. The van der Waals surface area contributed by atoms with Crippen molar-refractivity contribution < 1.29 is 8.42 Å². The van der Waals surface area contributed by atoms with Crippen molar-refractivity contribution in [3.05, 3.63) is 103 Å². The molecule has 0 N–H and O–H groups in total. The van der Waals surface area contributed by atoms with Crippen LogP contribution in [-0.2, 0) is 9.84 Å². The molecule has 0 aliphatic heterocycles. The van der Waals surface area contributed by atoms with E-state index in [9.17, 15) is 8.42 Å². The second-order valence-corrected chi connectivity index (χ2v) is 9.48. The van der Waals surface area contributed by atoms with Gasteiger partial charge in [0.2, 0.25) is 0 Å². The topological polar surface area (TPSA) is 52.0 Å². The summed E-state index contributed by atoms with van der Waals surface area (Å²) in [6.45, 7) is 0. The van der Waals surface area contributed by atoms with Gasteiger partial charge >= 0.3 is 0 Å². The molecule has 4 nitrogen and oxygen atoms in total.